The lowest BCUT2D eigenvalue weighted by Gasteiger charge is -2.24. The van der Waals surface area contributed by atoms with Gasteiger partial charge < -0.3 is 37.0 Å². The van der Waals surface area contributed by atoms with Crippen molar-refractivity contribution in [2.45, 2.75) is 49.9 Å². The van der Waals surface area contributed by atoms with Crippen molar-refractivity contribution in [3.8, 4) is 5.75 Å². The second-order valence-electron chi connectivity index (χ2n) is 8.80. The van der Waals surface area contributed by atoms with Crippen molar-refractivity contribution in [2.24, 2.45) is 5.73 Å². The molecule has 2 aromatic carbocycles. The third-order valence-electron chi connectivity index (χ3n) is 5.73. The molecule has 39 heavy (non-hydrogen) atoms. The maximum absolute atomic E-state index is 13.2. The van der Waals surface area contributed by atoms with Gasteiger partial charge in [0.15, 0.2) is 0 Å². The number of carboxylic acids is 2. The van der Waals surface area contributed by atoms with Crippen LogP contribution in [-0.2, 0) is 36.8 Å². The first-order valence-corrected chi connectivity index (χ1v) is 12.7. The molecule has 4 unspecified atom stereocenters. The zero-order valence-electron chi connectivity index (χ0n) is 20.9. The van der Waals surface area contributed by atoms with E-state index in [1.54, 1.807) is 30.3 Å². The molecule has 0 radical (unpaired) electrons. The smallest absolute Gasteiger partial charge is 0.326 e. The molecule has 0 saturated carbocycles. The average molecular weight is 561 g/mol. The van der Waals surface area contributed by atoms with Gasteiger partial charge in [0.25, 0.3) is 0 Å². The summed E-state index contributed by atoms with van der Waals surface area (Å²) in [6.07, 6.45) is -0.535. The highest BCUT2D eigenvalue weighted by molar-refractivity contribution is 7.80. The lowest BCUT2D eigenvalue weighted by Crippen LogP contribution is -2.58. The molecule has 0 aliphatic carbocycles. The number of aromatic hydroxyl groups is 1. The van der Waals surface area contributed by atoms with Crippen molar-refractivity contribution in [1.82, 2.24) is 16.0 Å². The summed E-state index contributed by atoms with van der Waals surface area (Å²) in [4.78, 5) is 61.2. The Hall–Kier alpha value is -4.10. The highest BCUT2D eigenvalue weighted by atomic mass is 32.1. The summed E-state index contributed by atoms with van der Waals surface area (Å²) in [5.41, 5.74) is 7.03. The fourth-order valence-electron chi connectivity index (χ4n) is 3.55. The lowest BCUT2D eigenvalue weighted by atomic mass is 10.0. The summed E-state index contributed by atoms with van der Waals surface area (Å²) in [6, 6.07) is 9.63. The first-order valence-electron chi connectivity index (χ1n) is 12.0. The molecular weight excluding hydrogens is 528 g/mol. The Labute approximate surface area is 230 Å². The molecule has 2 rings (SSSR count). The molecule has 4 atom stereocenters. The lowest BCUT2D eigenvalue weighted by molar-refractivity contribution is -0.142. The van der Waals surface area contributed by atoms with Crippen LogP contribution in [0.5, 0.6) is 5.75 Å². The summed E-state index contributed by atoms with van der Waals surface area (Å²) in [7, 11) is 0. The van der Waals surface area contributed by atoms with Gasteiger partial charge in [-0.2, -0.15) is 12.6 Å². The van der Waals surface area contributed by atoms with Crippen LogP contribution in [0.25, 0.3) is 0 Å². The molecule has 2 aromatic rings. The monoisotopic (exact) mass is 560 g/mol. The van der Waals surface area contributed by atoms with Crippen LogP contribution in [0.4, 0.5) is 0 Å². The van der Waals surface area contributed by atoms with Gasteiger partial charge in [-0.3, -0.25) is 19.2 Å². The molecule has 0 heterocycles. The largest absolute Gasteiger partial charge is 0.508 e. The first-order chi connectivity index (χ1) is 18.5. The Kier molecular flexibility index (Phi) is 12.2. The van der Waals surface area contributed by atoms with Gasteiger partial charge in [0.05, 0.1) is 6.04 Å². The number of carbonyl (C=O) groups excluding carboxylic acids is 3. The van der Waals surface area contributed by atoms with E-state index in [0.717, 1.165) is 0 Å². The van der Waals surface area contributed by atoms with Gasteiger partial charge >= 0.3 is 11.9 Å². The number of aliphatic carboxylic acids is 2. The summed E-state index contributed by atoms with van der Waals surface area (Å²) in [6.45, 7) is 0. The zero-order chi connectivity index (χ0) is 28.9. The van der Waals surface area contributed by atoms with Gasteiger partial charge in [0.2, 0.25) is 17.7 Å². The van der Waals surface area contributed by atoms with E-state index in [2.05, 4.69) is 28.6 Å². The maximum atomic E-state index is 13.2. The average Bonchev–Trinajstić information content (AvgIpc) is 2.90. The molecule has 8 N–H and O–H groups in total. The molecule has 0 aliphatic rings. The number of benzene rings is 2. The predicted molar refractivity (Wildman–Crippen MR) is 144 cm³/mol. The van der Waals surface area contributed by atoms with Gasteiger partial charge in [-0.05, 0) is 29.7 Å². The SMILES string of the molecule is NC(CCC(=O)O)C(=O)NC(Cc1ccc(O)cc1)C(=O)NC(CS)C(=O)NC(Cc1ccccc1)C(=O)O. The van der Waals surface area contributed by atoms with Gasteiger partial charge in [-0.1, -0.05) is 42.5 Å². The van der Waals surface area contributed by atoms with E-state index in [1.165, 1.54) is 24.3 Å². The quantitative estimate of drug-likeness (QED) is 0.136. The van der Waals surface area contributed by atoms with Crippen LogP contribution in [0.15, 0.2) is 54.6 Å². The van der Waals surface area contributed by atoms with Crippen LogP contribution in [0.3, 0.4) is 0 Å². The van der Waals surface area contributed by atoms with E-state index in [4.69, 9.17) is 10.8 Å². The Morgan fingerprint density at radius 3 is 1.82 bits per heavy atom. The van der Waals surface area contributed by atoms with Crippen molar-refractivity contribution in [2.75, 3.05) is 5.75 Å². The maximum Gasteiger partial charge on any atom is 0.326 e. The Balaban J connectivity index is 2.14. The number of hydrogen-bond donors (Lipinski definition) is 8. The molecular formula is C26H32N4O8S. The first kappa shape index (κ1) is 31.1. The molecule has 0 bridgehead atoms. The molecule has 0 fully saturated rings. The van der Waals surface area contributed by atoms with E-state index in [9.17, 15) is 34.2 Å². The number of nitrogens with two attached hydrogens (primary N) is 1. The summed E-state index contributed by atoms with van der Waals surface area (Å²) in [5.74, 6) is -4.89. The number of hydrogen-bond acceptors (Lipinski definition) is 8. The highest BCUT2D eigenvalue weighted by Crippen LogP contribution is 2.12. The third-order valence-corrected chi connectivity index (χ3v) is 6.09. The molecule has 0 aliphatic heterocycles. The predicted octanol–water partition coefficient (Wildman–Crippen LogP) is -0.162. The van der Waals surface area contributed by atoms with E-state index in [1.807, 2.05) is 0 Å². The second kappa shape index (κ2) is 15.3. The van der Waals surface area contributed by atoms with Crippen LogP contribution in [-0.4, -0.2) is 74.9 Å². The van der Waals surface area contributed by atoms with Crippen molar-refractivity contribution < 1.29 is 39.3 Å². The van der Waals surface area contributed by atoms with E-state index >= 15 is 0 Å². The fraction of sp³-hybridized carbons (Fsp3) is 0.346. The van der Waals surface area contributed by atoms with Gasteiger partial charge in [0.1, 0.15) is 23.9 Å². The number of carboxylic acid groups (broad SMARTS) is 2. The molecule has 0 aromatic heterocycles. The van der Waals surface area contributed by atoms with Crippen LogP contribution in [0, 0.1) is 0 Å². The van der Waals surface area contributed by atoms with Gasteiger partial charge in [-0.25, -0.2) is 4.79 Å². The van der Waals surface area contributed by atoms with Gasteiger partial charge in [-0.15, -0.1) is 0 Å². The summed E-state index contributed by atoms with van der Waals surface area (Å²) in [5, 5.41) is 35.3. The van der Waals surface area contributed by atoms with Crippen molar-refractivity contribution in [1.29, 1.82) is 0 Å². The van der Waals surface area contributed by atoms with Crippen molar-refractivity contribution >= 4 is 42.3 Å². The van der Waals surface area contributed by atoms with Crippen molar-refractivity contribution in [3.05, 3.63) is 65.7 Å². The number of amides is 3. The minimum absolute atomic E-state index is 0.00484. The Bertz CT molecular complexity index is 1150. The number of thiol groups is 1. The van der Waals surface area contributed by atoms with Gasteiger partial charge in [0, 0.05) is 25.0 Å². The second-order valence-corrected chi connectivity index (χ2v) is 9.17. The Morgan fingerprint density at radius 1 is 0.744 bits per heavy atom. The number of phenols is 1. The standard InChI is InChI=1S/C26H32N4O8S/c27-18(10-11-22(32)33)23(34)28-19(12-16-6-8-17(31)9-7-16)24(35)30-21(14-39)25(36)29-20(26(37)38)13-15-4-2-1-3-5-15/h1-9,18-21,31,39H,10-14,27H2,(H,28,34)(H,29,36)(H,30,35)(H,32,33)(H,37,38). The molecule has 0 saturated heterocycles. The zero-order valence-corrected chi connectivity index (χ0v) is 21.8. The van der Waals surface area contributed by atoms with Crippen molar-refractivity contribution in [3.63, 3.8) is 0 Å². The molecule has 12 nitrogen and oxygen atoms in total. The van der Waals surface area contributed by atoms with E-state index in [0.29, 0.717) is 11.1 Å². The van der Waals surface area contributed by atoms with Crippen LogP contribution in [0.1, 0.15) is 24.0 Å². The Morgan fingerprint density at radius 2 is 1.26 bits per heavy atom. The topological polar surface area (TPSA) is 208 Å². The molecule has 210 valence electrons. The molecule has 3 amide bonds. The highest BCUT2D eigenvalue weighted by Gasteiger charge is 2.30. The minimum atomic E-state index is -1.26. The van der Waals surface area contributed by atoms with Crippen LogP contribution in [0.2, 0.25) is 0 Å². The fourth-order valence-corrected chi connectivity index (χ4v) is 3.81. The number of phenolic OH excluding ortho intramolecular Hbond substituents is 1. The number of nitrogens with one attached hydrogen (secondary N) is 3. The van der Waals surface area contributed by atoms with Crippen LogP contribution < -0.4 is 21.7 Å². The number of carbonyl (C=O) groups is 5. The number of rotatable bonds is 15. The minimum Gasteiger partial charge on any atom is -0.508 e. The molecule has 0 spiro atoms. The van der Waals surface area contributed by atoms with E-state index < -0.39 is 53.8 Å². The summed E-state index contributed by atoms with van der Waals surface area (Å²) >= 11 is 4.12. The van der Waals surface area contributed by atoms with E-state index in [-0.39, 0.29) is 37.2 Å². The normalized spacial score (nSPS) is 13.8. The third kappa shape index (κ3) is 10.7. The summed E-state index contributed by atoms with van der Waals surface area (Å²) < 4.78 is 0. The van der Waals surface area contributed by atoms with Crippen LogP contribution >= 0.6 is 12.6 Å². The molecule has 13 heteroatoms.